The Bertz CT molecular complexity index is 849. The maximum absolute atomic E-state index is 11.6. The first kappa shape index (κ1) is 32.1. The maximum Gasteiger partial charge on any atom is 0.310 e. The third kappa shape index (κ3) is 21.4. The molecule has 0 heterocycles. The van der Waals surface area contributed by atoms with E-state index in [9.17, 15) is 9.59 Å². The lowest BCUT2D eigenvalue weighted by Gasteiger charge is -2.03. The normalized spacial score (nSPS) is 11.1. The van der Waals surface area contributed by atoms with Crippen molar-refractivity contribution in [2.24, 2.45) is 0 Å². The van der Waals surface area contributed by atoms with Crippen LogP contribution in [0.1, 0.15) is 86.1 Å². The van der Waals surface area contributed by atoms with Crippen molar-refractivity contribution in [1.29, 1.82) is 0 Å². The number of benzene rings is 1. The number of hydrogen-bond donors (Lipinski definition) is 0. The fourth-order valence-electron chi connectivity index (χ4n) is 2.85. The minimum Gasteiger partial charge on any atom is -0.461 e. The van der Waals surface area contributed by atoms with Crippen molar-refractivity contribution in [3.63, 3.8) is 0 Å². The molecular formula is C31H46O4. The van der Waals surface area contributed by atoms with Crippen LogP contribution in [0.25, 0.3) is 0 Å². The maximum atomic E-state index is 11.6. The number of rotatable bonds is 13. The van der Waals surface area contributed by atoms with Crippen LogP contribution in [-0.2, 0) is 25.5 Å². The highest BCUT2D eigenvalue weighted by Crippen LogP contribution is 2.08. The zero-order chi connectivity index (χ0) is 26.5. The van der Waals surface area contributed by atoms with Gasteiger partial charge in [-0.3, -0.25) is 9.59 Å². The van der Waals surface area contributed by atoms with Crippen molar-refractivity contribution in [3.05, 3.63) is 82.5 Å². The van der Waals surface area contributed by atoms with Crippen molar-refractivity contribution >= 4 is 11.9 Å². The van der Waals surface area contributed by atoms with Crippen molar-refractivity contribution in [2.45, 2.75) is 87.0 Å². The van der Waals surface area contributed by atoms with Gasteiger partial charge >= 0.3 is 11.9 Å². The molecule has 0 unspecified atom stereocenters. The van der Waals surface area contributed by atoms with E-state index >= 15 is 0 Å². The van der Waals surface area contributed by atoms with Gasteiger partial charge in [0, 0.05) is 6.42 Å². The molecule has 0 aliphatic heterocycles. The lowest BCUT2D eigenvalue weighted by Crippen LogP contribution is -2.08. The van der Waals surface area contributed by atoms with Crippen LogP contribution in [0.4, 0.5) is 0 Å². The van der Waals surface area contributed by atoms with Gasteiger partial charge in [0.2, 0.25) is 0 Å². The number of carbonyl (C=O) groups is 2. The highest BCUT2D eigenvalue weighted by Gasteiger charge is 2.03. The van der Waals surface area contributed by atoms with Crippen LogP contribution in [0.5, 0.6) is 0 Å². The number of carbonyl (C=O) groups excluding carboxylic acids is 2. The summed E-state index contributed by atoms with van der Waals surface area (Å²) in [6.45, 7) is 15.1. The average Bonchev–Trinajstić information content (AvgIpc) is 2.79. The molecular weight excluding hydrogens is 436 g/mol. The molecule has 4 nitrogen and oxygen atoms in total. The predicted molar refractivity (Wildman–Crippen MR) is 147 cm³/mol. The summed E-state index contributed by atoms with van der Waals surface area (Å²) in [5, 5.41) is 0. The van der Waals surface area contributed by atoms with E-state index in [4.69, 9.17) is 9.47 Å². The van der Waals surface area contributed by atoms with Gasteiger partial charge in [0.15, 0.2) is 0 Å². The van der Waals surface area contributed by atoms with Crippen LogP contribution in [0.3, 0.4) is 0 Å². The molecule has 0 saturated carbocycles. The van der Waals surface area contributed by atoms with Gasteiger partial charge in [0.05, 0.1) is 6.42 Å². The van der Waals surface area contributed by atoms with Gasteiger partial charge in [0.1, 0.15) is 13.2 Å². The Balaban J connectivity index is 0.000000691. The standard InChI is InChI=1S/C18H24O2.C13H22O2/c1-15(2)8-7-9-16(3)12-13-20-18(19)14-17-10-5-4-6-11-17;1-5-13(14)15-10-9-12(4)8-6-7-11(2)3/h4-6,8,10-12H,7,9,13-14H2,1-3H3;7,9H,5-6,8,10H2,1-4H3/b16-12+;12-9+. The summed E-state index contributed by atoms with van der Waals surface area (Å²) in [7, 11) is 0. The van der Waals surface area contributed by atoms with E-state index in [0.29, 0.717) is 26.1 Å². The van der Waals surface area contributed by atoms with Crippen molar-refractivity contribution in [1.82, 2.24) is 0 Å². The Labute approximate surface area is 213 Å². The fourth-order valence-corrected chi connectivity index (χ4v) is 2.85. The van der Waals surface area contributed by atoms with Crippen LogP contribution in [0.15, 0.2) is 76.9 Å². The van der Waals surface area contributed by atoms with Crippen LogP contribution in [0.2, 0.25) is 0 Å². The molecule has 0 aliphatic rings. The zero-order valence-electron chi connectivity index (χ0n) is 23.0. The largest absolute Gasteiger partial charge is 0.461 e. The molecule has 0 N–H and O–H groups in total. The van der Waals surface area contributed by atoms with E-state index in [1.807, 2.05) is 42.5 Å². The molecule has 1 aromatic carbocycles. The van der Waals surface area contributed by atoms with Crippen molar-refractivity contribution in [2.75, 3.05) is 13.2 Å². The van der Waals surface area contributed by atoms with E-state index in [1.54, 1.807) is 6.92 Å². The van der Waals surface area contributed by atoms with E-state index in [1.165, 1.54) is 22.3 Å². The molecule has 1 rings (SSSR count). The molecule has 4 heteroatoms. The van der Waals surface area contributed by atoms with Crippen molar-refractivity contribution in [3.8, 4) is 0 Å². The number of hydrogen-bond acceptors (Lipinski definition) is 4. The topological polar surface area (TPSA) is 52.6 Å². The summed E-state index contributed by atoms with van der Waals surface area (Å²) in [6, 6.07) is 9.66. The Morgan fingerprint density at radius 2 is 1.14 bits per heavy atom. The van der Waals surface area contributed by atoms with Gasteiger partial charge in [-0.1, -0.05) is 71.7 Å². The molecule has 0 fully saturated rings. The van der Waals surface area contributed by atoms with Crippen LogP contribution < -0.4 is 0 Å². The predicted octanol–water partition coefficient (Wildman–Crippen LogP) is 8.10. The second-order valence-corrected chi connectivity index (χ2v) is 9.12. The molecule has 0 amide bonds. The zero-order valence-corrected chi connectivity index (χ0v) is 23.0. The molecule has 0 saturated heterocycles. The monoisotopic (exact) mass is 482 g/mol. The number of esters is 2. The van der Waals surface area contributed by atoms with Gasteiger partial charge in [-0.15, -0.1) is 0 Å². The minimum atomic E-state index is -0.176. The Morgan fingerprint density at radius 3 is 1.57 bits per heavy atom. The fraction of sp³-hybridized carbons (Fsp3) is 0.484. The lowest BCUT2D eigenvalue weighted by atomic mass is 10.1. The lowest BCUT2D eigenvalue weighted by molar-refractivity contribution is -0.142. The number of ether oxygens (including phenoxy) is 2. The van der Waals surface area contributed by atoms with Crippen LogP contribution in [-0.4, -0.2) is 25.2 Å². The van der Waals surface area contributed by atoms with Gasteiger partial charge in [-0.25, -0.2) is 0 Å². The first-order chi connectivity index (χ1) is 16.6. The summed E-state index contributed by atoms with van der Waals surface area (Å²) in [6.07, 6.45) is 13.4. The van der Waals surface area contributed by atoms with E-state index in [0.717, 1.165) is 31.2 Å². The summed E-state index contributed by atoms with van der Waals surface area (Å²) in [4.78, 5) is 22.5. The average molecular weight is 483 g/mol. The SMILES string of the molecule is CC(C)=CCC/C(C)=C/COC(=O)Cc1ccccc1.CCC(=O)OC/C=C(\C)CCC=C(C)C. The quantitative estimate of drug-likeness (QED) is 0.210. The molecule has 0 aliphatic carbocycles. The first-order valence-electron chi connectivity index (χ1n) is 12.6. The first-order valence-corrected chi connectivity index (χ1v) is 12.6. The third-order valence-corrected chi connectivity index (χ3v) is 5.01. The molecule has 194 valence electrons. The van der Waals surface area contributed by atoms with E-state index < -0.39 is 0 Å². The van der Waals surface area contributed by atoms with Crippen LogP contribution in [0, 0.1) is 0 Å². The summed E-state index contributed by atoms with van der Waals surface area (Å²) >= 11 is 0. The Hall–Kier alpha value is -2.88. The van der Waals surface area contributed by atoms with Crippen molar-refractivity contribution < 1.29 is 19.1 Å². The van der Waals surface area contributed by atoms with E-state index in [-0.39, 0.29) is 11.9 Å². The molecule has 35 heavy (non-hydrogen) atoms. The minimum absolute atomic E-state index is 0.136. The summed E-state index contributed by atoms with van der Waals surface area (Å²) < 4.78 is 10.2. The second-order valence-electron chi connectivity index (χ2n) is 9.12. The highest BCUT2D eigenvalue weighted by molar-refractivity contribution is 5.72. The van der Waals surface area contributed by atoms with Gasteiger partial charge in [-0.05, 0) is 84.9 Å². The smallest absolute Gasteiger partial charge is 0.310 e. The Morgan fingerprint density at radius 1 is 0.686 bits per heavy atom. The van der Waals surface area contributed by atoms with Gasteiger partial charge in [-0.2, -0.15) is 0 Å². The summed E-state index contributed by atoms with van der Waals surface area (Å²) in [5.41, 5.74) is 6.21. The molecule has 0 bridgehead atoms. The number of allylic oxidation sites excluding steroid dienone is 6. The van der Waals surface area contributed by atoms with E-state index in [2.05, 4.69) is 53.7 Å². The second kappa shape index (κ2) is 20.5. The molecule has 1 aromatic rings. The van der Waals surface area contributed by atoms with Crippen LogP contribution >= 0.6 is 0 Å². The summed E-state index contributed by atoms with van der Waals surface area (Å²) in [5.74, 6) is -0.312. The molecule has 0 radical (unpaired) electrons. The molecule has 0 atom stereocenters. The third-order valence-electron chi connectivity index (χ3n) is 5.01. The molecule has 0 aromatic heterocycles. The highest BCUT2D eigenvalue weighted by atomic mass is 16.5. The Kier molecular flexibility index (Phi) is 18.8. The molecule has 0 spiro atoms. The van der Waals surface area contributed by atoms with Gasteiger partial charge < -0.3 is 9.47 Å². The van der Waals surface area contributed by atoms with Gasteiger partial charge in [0.25, 0.3) is 0 Å².